The maximum absolute atomic E-state index is 13.1. The van der Waals surface area contributed by atoms with E-state index in [2.05, 4.69) is 9.97 Å². The SMILES string of the molecule is CCc1[nH]c(-c2ccc(F)c(F)c2)nc1C(=O)O. The first kappa shape index (κ1) is 12.2. The molecule has 2 rings (SSSR count). The number of imidazole rings is 1. The number of aromatic amines is 1. The number of H-pyrrole nitrogens is 1. The summed E-state index contributed by atoms with van der Waals surface area (Å²) in [4.78, 5) is 17.6. The second-order valence-electron chi connectivity index (χ2n) is 3.70. The largest absolute Gasteiger partial charge is 0.476 e. The molecule has 0 fully saturated rings. The van der Waals surface area contributed by atoms with Crippen molar-refractivity contribution >= 4 is 5.97 Å². The van der Waals surface area contributed by atoms with Crippen LogP contribution in [0.25, 0.3) is 11.4 Å². The summed E-state index contributed by atoms with van der Waals surface area (Å²) in [6.45, 7) is 1.77. The molecule has 1 heterocycles. The number of aromatic nitrogens is 2. The molecule has 0 bridgehead atoms. The van der Waals surface area contributed by atoms with Gasteiger partial charge in [-0.3, -0.25) is 0 Å². The summed E-state index contributed by atoms with van der Waals surface area (Å²) in [5, 5.41) is 8.94. The smallest absolute Gasteiger partial charge is 0.356 e. The molecule has 0 aliphatic rings. The molecule has 0 radical (unpaired) electrons. The first-order valence-corrected chi connectivity index (χ1v) is 5.30. The van der Waals surface area contributed by atoms with Gasteiger partial charge in [-0.15, -0.1) is 0 Å². The van der Waals surface area contributed by atoms with Gasteiger partial charge in [0.1, 0.15) is 5.82 Å². The van der Waals surface area contributed by atoms with Crippen molar-refractivity contribution in [1.29, 1.82) is 0 Å². The predicted molar refractivity (Wildman–Crippen MR) is 60.3 cm³/mol. The van der Waals surface area contributed by atoms with E-state index >= 15 is 0 Å². The van der Waals surface area contributed by atoms with E-state index in [9.17, 15) is 13.6 Å². The van der Waals surface area contributed by atoms with Gasteiger partial charge < -0.3 is 10.1 Å². The van der Waals surface area contributed by atoms with Crippen molar-refractivity contribution in [2.75, 3.05) is 0 Å². The van der Waals surface area contributed by atoms with Crippen molar-refractivity contribution in [2.24, 2.45) is 0 Å². The number of carboxylic acid groups (broad SMARTS) is 1. The molecule has 1 aromatic carbocycles. The highest BCUT2D eigenvalue weighted by Gasteiger charge is 2.16. The van der Waals surface area contributed by atoms with Crippen LogP contribution in [0.1, 0.15) is 23.1 Å². The lowest BCUT2D eigenvalue weighted by molar-refractivity contribution is 0.0690. The van der Waals surface area contributed by atoms with E-state index in [1.807, 2.05) is 0 Å². The standard InChI is InChI=1S/C12H10F2N2O2/c1-2-9-10(12(17)18)16-11(15-9)6-3-4-7(13)8(14)5-6/h3-5H,2H2,1H3,(H,15,16)(H,17,18). The van der Waals surface area contributed by atoms with Crippen LogP contribution in [-0.4, -0.2) is 21.0 Å². The highest BCUT2D eigenvalue weighted by Crippen LogP contribution is 2.21. The third-order valence-corrected chi connectivity index (χ3v) is 2.53. The summed E-state index contributed by atoms with van der Waals surface area (Å²) >= 11 is 0. The number of rotatable bonds is 3. The highest BCUT2D eigenvalue weighted by atomic mass is 19.2. The molecular formula is C12H10F2N2O2. The number of nitrogens with one attached hydrogen (secondary N) is 1. The van der Waals surface area contributed by atoms with Crippen molar-refractivity contribution < 1.29 is 18.7 Å². The van der Waals surface area contributed by atoms with Crippen molar-refractivity contribution in [3.8, 4) is 11.4 Å². The van der Waals surface area contributed by atoms with Crippen LogP contribution in [0.4, 0.5) is 8.78 Å². The zero-order chi connectivity index (χ0) is 13.3. The van der Waals surface area contributed by atoms with Crippen LogP contribution in [0.2, 0.25) is 0 Å². The summed E-state index contributed by atoms with van der Waals surface area (Å²) in [5.41, 5.74) is 0.649. The van der Waals surface area contributed by atoms with E-state index in [1.165, 1.54) is 6.07 Å². The summed E-state index contributed by atoms with van der Waals surface area (Å²) in [5.74, 6) is -2.90. The fourth-order valence-corrected chi connectivity index (χ4v) is 1.62. The number of benzene rings is 1. The third kappa shape index (κ3) is 2.09. The van der Waals surface area contributed by atoms with Gasteiger partial charge in [0, 0.05) is 11.3 Å². The minimum atomic E-state index is -1.16. The Bertz CT molecular complexity index is 608. The lowest BCUT2D eigenvalue weighted by Gasteiger charge is -1.97. The first-order chi connectivity index (χ1) is 8.52. The fraction of sp³-hybridized carbons (Fsp3) is 0.167. The van der Waals surface area contributed by atoms with Crippen molar-refractivity contribution in [1.82, 2.24) is 9.97 Å². The summed E-state index contributed by atoms with van der Waals surface area (Å²) in [7, 11) is 0. The molecule has 0 spiro atoms. The fourth-order valence-electron chi connectivity index (χ4n) is 1.62. The van der Waals surface area contributed by atoms with Crippen LogP contribution in [-0.2, 0) is 6.42 Å². The monoisotopic (exact) mass is 252 g/mol. The van der Waals surface area contributed by atoms with Crippen LogP contribution in [0.15, 0.2) is 18.2 Å². The molecule has 0 aliphatic carbocycles. The summed E-state index contributed by atoms with van der Waals surface area (Å²) < 4.78 is 25.9. The summed E-state index contributed by atoms with van der Waals surface area (Å²) in [6, 6.07) is 3.28. The maximum atomic E-state index is 13.1. The molecule has 6 heteroatoms. The second-order valence-corrected chi connectivity index (χ2v) is 3.70. The number of aromatic carboxylic acids is 1. The Morgan fingerprint density at radius 1 is 1.39 bits per heavy atom. The molecule has 18 heavy (non-hydrogen) atoms. The molecule has 0 aliphatic heterocycles. The van der Waals surface area contributed by atoms with Crippen molar-refractivity contribution in [3.05, 3.63) is 41.2 Å². The Balaban J connectivity index is 2.50. The molecule has 0 saturated heterocycles. The number of carboxylic acids is 1. The van der Waals surface area contributed by atoms with Gasteiger partial charge in [0.05, 0.1) is 0 Å². The zero-order valence-corrected chi connectivity index (χ0v) is 9.50. The molecule has 0 saturated carbocycles. The van der Waals surface area contributed by atoms with Gasteiger partial charge in [-0.25, -0.2) is 18.6 Å². The average Bonchev–Trinajstić information content (AvgIpc) is 2.77. The van der Waals surface area contributed by atoms with Gasteiger partial charge >= 0.3 is 5.97 Å². The Kier molecular flexibility index (Phi) is 3.10. The van der Waals surface area contributed by atoms with E-state index in [4.69, 9.17) is 5.11 Å². The Morgan fingerprint density at radius 3 is 2.61 bits per heavy atom. The van der Waals surface area contributed by atoms with Gasteiger partial charge in [-0.1, -0.05) is 6.92 Å². The lowest BCUT2D eigenvalue weighted by Crippen LogP contribution is -2.00. The second kappa shape index (κ2) is 4.56. The normalized spacial score (nSPS) is 10.6. The molecule has 4 nitrogen and oxygen atoms in total. The van der Waals surface area contributed by atoms with Gasteiger partial charge in [-0.05, 0) is 24.6 Å². The van der Waals surface area contributed by atoms with Crippen LogP contribution in [0, 0.1) is 11.6 Å². The molecule has 0 amide bonds. The summed E-state index contributed by atoms with van der Waals surface area (Å²) in [6.07, 6.45) is 0.457. The Morgan fingerprint density at radius 2 is 2.11 bits per heavy atom. The zero-order valence-electron chi connectivity index (χ0n) is 9.50. The van der Waals surface area contributed by atoms with Crippen LogP contribution in [0.5, 0.6) is 0 Å². The molecule has 1 aromatic heterocycles. The van der Waals surface area contributed by atoms with E-state index in [1.54, 1.807) is 6.92 Å². The van der Waals surface area contributed by atoms with Crippen molar-refractivity contribution in [3.63, 3.8) is 0 Å². The van der Waals surface area contributed by atoms with E-state index in [-0.39, 0.29) is 11.5 Å². The number of carbonyl (C=O) groups is 1. The third-order valence-electron chi connectivity index (χ3n) is 2.53. The predicted octanol–water partition coefficient (Wildman–Crippen LogP) is 2.62. The highest BCUT2D eigenvalue weighted by molar-refractivity contribution is 5.87. The molecule has 0 unspecified atom stereocenters. The quantitative estimate of drug-likeness (QED) is 0.882. The molecular weight excluding hydrogens is 242 g/mol. The van der Waals surface area contributed by atoms with E-state index in [0.717, 1.165) is 12.1 Å². The van der Waals surface area contributed by atoms with Crippen LogP contribution < -0.4 is 0 Å². The van der Waals surface area contributed by atoms with Gasteiger partial charge in [0.25, 0.3) is 0 Å². The van der Waals surface area contributed by atoms with Crippen LogP contribution in [0.3, 0.4) is 0 Å². The van der Waals surface area contributed by atoms with E-state index in [0.29, 0.717) is 17.7 Å². The topological polar surface area (TPSA) is 66.0 Å². The Hall–Kier alpha value is -2.24. The maximum Gasteiger partial charge on any atom is 0.356 e. The van der Waals surface area contributed by atoms with Gasteiger partial charge in [0.15, 0.2) is 17.3 Å². The van der Waals surface area contributed by atoms with Crippen molar-refractivity contribution in [2.45, 2.75) is 13.3 Å². The Labute approximate surface area is 101 Å². The number of halogens is 2. The molecule has 2 aromatic rings. The average molecular weight is 252 g/mol. The minimum absolute atomic E-state index is 0.0998. The van der Waals surface area contributed by atoms with Gasteiger partial charge in [-0.2, -0.15) is 0 Å². The number of nitrogens with zero attached hydrogens (tertiary/aromatic N) is 1. The number of hydrogen-bond acceptors (Lipinski definition) is 2. The van der Waals surface area contributed by atoms with Gasteiger partial charge in [0.2, 0.25) is 0 Å². The number of hydrogen-bond donors (Lipinski definition) is 2. The number of aryl methyl sites for hydroxylation is 1. The lowest BCUT2D eigenvalue weighted by atomic mass is 10.2. The minimum Gasteiger partial charge on any atom is -0.476 e. The molecule has 0 atom stereocenters. The van der Waals surface area contributed by atoms with E-state index < -0.39 is 17.6 Å². The molecule has 94 valence electrons. The van der Waals surface area contributed by atoms with Crippen LogP contribution >= 0.6 is 0 Å². The first-order valence-electron chi connectivity index (χ1n) is 5.30. The molecule has 2 N–H and O–H groups in total.